The van der Waals surface area contributed by atoms with Crippen LogP contribution in [-0.2, 0) is 11.1 Å². The molecule has 0 aromatic rings. The smallest absolute Gasteiger partial charge is 1.00 e. The third-order valence-electron chi connectivity index (χ3n) is 0.486. The topological polar surface area (TPSA) is 87.8 Å². The first kappa shape index (κ1) is 11.6. The van der Waals surface area contributed by atoms with Crippen molar-refractivity contribution >= 4 is 17.3 Å². The fraction of sp³-hybridized carbons (Fsp3) is 0.333. The summed E-state index contributed by atoms with van der Waals surface area (Å²) in [7, 11) is 0. The average Bonchev–Trinajstić information content (AvgIpc) is 1.69. The average molecular weight is 139 g/mol. The van der Waals surface area contributed by atoms with Gasteiger partial charge in [-0.3, -0.25) is 4.21 Å². The largest absolute Gasteiger partial charge is 1.00 e. The zero-order valence-electron chi connectivity index (χ0n) is 5.83. The van der Waals surface area contributed by atoms with E-state index in [4.69, 9.17) is 10.7 Å². The molecule has 0 heterocycles. The van der Waals surface area contributed by atoms with Crippen molar-refractivity contribution in [1.82, 2.24) is 0 Å². The second-order valence-corrected chi connectivity index (χ2v) is 2.01. The predicted molar refractivity (Wildman–Crippen MR) is 28.2 cm³/mol. The molecule has 46 valence electrons. The summed E-state index contributed by atoms with van der Waals surface area (Å²) in [6.45, 7) is 0. The molecule has 0 rings (SSSR count). The summed E-state index contributed by atoms with van der Waals surface area (Å²) in [6.07, 6.45) is 0.573. The third-order valence-corrected chi connectivity index (χ3v) is 1.14. The van der Waals surface area contributed by atoms with Crippen molar-refractivity contribution in [2.45, 2.75) is 5.25 Å². The summed E-state index contributed by atoms with van der Waals surface area (Å²) >= 11 is -2.46. The molecule has 9 heavy (non-hydrogen) atoms. The fourth-order valence-corrected chi connectivity index (χ4v) is 0.333. The van der Waals surface area contributed by atoms with Gasteiger partial charge in [0, 0.05) is 6.21 Å². The van der Waals surface area contributed by atoms with Crippen LogP contribution in [0.15, 0.2) is 0 Å². The van der Waals surface area contributed by atoms with Gasteiger partial charge < -0.3 is 11.4 Å². The standard InChI is InChI=1S/C3H4N2O2S.Li.H/c4-1-3(2-5)8(6)7;;/h1,3-4H,(H,6,7);;/q;+1;-1/p-1. The Kier molecular flexibility index (Phi) is 7.75. The maximum atomic E-state index is 9.79. The van der Waals surface area contributed by atoms with Gasteiger partial charge in [0.2, 0.25) is 0 Å². The number of hydrogen-bond donors (Lipinski definition) is 1. The summed E-state index contributed by atoms with van der Waals surface area (Å²) in [5, 5.41) is 13.0. The van der Waals surface area contributed by atoms with E-state index in [0.717, 1.165) is 0 Å². The van der Waals surface area contributed by atoms with E-state index in [9.17, 15) is 8.76 Å². The van der Waals surface area contributed by atoms with E-state index in [2.05, 4.69) is 0 Å². The monoisotopic (exact) mass is 139 g/mol. The Bertz CT molecular complexity index is 159. The molecule has 0 fully saturated rings. The second-order valence-electron chi connectivity index (χ2n) is 0.977. The van der Waals surface area contributed by atoms with Crippen molar-refractivity contribution in [2.75, 3.05) is 0 Å². The van der Waals surface area contributed by atoms with Gasteiger partial charge in [-0.15, -0.1) is 0 Å². The molecule has 0 saturated carbocycles. The Morgan fingerprint density at radius 3 is 2.44 bits per heavy atom. The zero-order chi connectivity index (χ0) is 6.57. The Balaban J connectivity index is -0.000000245. The van der Waals surface area contributed by atoms with Crippen LogP contribution in [-0.4, -0.2) is 20.2 Å². The Hall–Kier alpha value is -0.133. The molecule has 4 nitrogen and oxygen atoms in total. The molecule has 0 saturated heterocycles. The van der Waals surface area contributed by atoms with Gasteiger partial charge in [0.25, 0.3) is 0 Å². The van der Waals surface area contributed by atoms with Gasteiger partial charge in [-0.1, -0.05) is 0 Å². The maximum absolute atomic E-state index is 9.79. The van der Waals surface area contributed by atoms with Gasteiger partial charge in [-0.25, -0.2) is 0 Å². The van der Waals surface area contributed by atoms with Crippen molar-refractivity contribution in [3.05, 3.63) is 0 Å². The summed E-state index contributed by atoms with van der Waals surface area (Å²) in [4.78, 5) is 0. The molecule has 2 atom stereocenters. The van der Waals surface area contributed by atoms with Crippen LogP contribution in [0.5, 0.6) is 0 Å². The molecule has 0 aromatic carbocycles. The van der Waals surface area contributed by atoms with Gasteiger partial charge in [-0.05, 0) is 11.1 Å². The molecule has 0 bridgehead atoms. The quantitative estimate of drug-likeness (QED) is 0.245. The molecule has 0 aromatic heterocycles. The molecular weight excluding hydrogens is 135 g/mol. The first-order valence-electron chi connectivity index (χ1n) is 1.70. The van der Waals surface area contributed by atoms with Gasteiger partial charge in [0.15, 0.2) is 0 Å². The van der Waals surface area contributed by atoms with Crippen LogP contribution in [0, 0.1) is 16.7 Å². The Morgan fingerprint density at radius 1 is 2.00 bits per heavy atom. The van der Waals surface area contributed by atoms with Crippen molar-refractivity contribution in [3.63, 3.8) is 0 Å². The van der Waals surface area contributed by atoms with Crippen molar-refractivity contribution in [1.29, 1.82) is 10.7 Å². The van der Waals surface area contributed by atoms with Crippen LogP contribution < -0.4 is 18.9 Å². The summed E-state index contributed by atoms with van der Waals surface area (Å²) in [6, 6.07) is 1.40. The van der Waals surface area contributed by atoms with Crippen LogP contribution in [0.3, 0.4) is 0 Å². The number of nitrogens with zero attached hydrogens (tertiary/aromatic N) is 1. The Morgan fingerprint density at radius 2 is 2.44 bits per heavy atom. The minimum absolute atomic E-state index is 0. The van der Waals surface area contributed by atoms with E-state index >= 15 is 0 Å². The molecular formula is C3H4LiN2O2S-. The van der Waals surface area contributed by atoms with E-state index in [0.29, 0.717) is 6.21 Å². The van der Waals surface area contributed by atoms with E-state index in [-0.39, 0.29) is 20.3 Å². The van der Waals surface area contributed by atoms with E-state index < -0.39 is 16.3 Å². The molecule has 0 aliphatic carbocycles. The third kappa shape index (κ3) is 4.38. The van der Waals surface area contributed by atoms with Crippen LogP contribution >= 0.6 is 0 Å². The van der Waals surface area contributed by atoms with Crippen LogP contribution in [0.1, 0.15) is 1.43 Å². The van der Waals surface area contributed by atoms with Gasteiger partial charge in [0.05, 0.1) is 6.07 Å². The predicted octanol–water partition coefficient (Wildman–Crippen LogP) is -3.48. The second kappa shape index (κ2) is 5.99. The van der Waals surface area contributed by atoms with E-state index in [1.165, 1.54) is 6.07 Å². The molecule has 0 aliphatic rings. The minimum Gasteiger partial charge on any atom is -1.00 e. The zero-order valence-corrected chi connectivity index (χ0v) is 5.64. The van der Waals surface area contributed by atoms with Gasteiger partial charge >= 0.3 is 18.9 Å². The number of rotatable bonds is 2. The van der Waals surface area contributed by atoms with Gasteiger partial charge in [0.1, 0.15) is 5.25 Å². The molecule has 6 heteroatoms. The Labute approximate surface area is 68.7 Å². The molecule has 0 amide bonds. The summed E-state index contributed by atoms with van der Waals surface area (Å²) < 4.78 is 19.6. The van der Waals surface area contributed by atoms with Crippen molar-refractivity contribution in [2.24, 2.45) is 0 Å². The number of hydrogen-bond acceptors (Lipinski definition) is 4. The molecule has 0 aliphatic heterocycles. The van der Waals surface area contributed by atoms with E-state index in [1.54, 1.807) is 0 Å². The first-order chi connectivity index (χ1) is 3.72. The molecule has 1 N–H and O–H groups in total. The fourth-order valence-electron chi connectivity index (χ4n) is 0.136. The van der Waals surface area contributed by atoms with Gasteiger partial charge in [-0.2, -0.15) is 5.26 Å². The van der Waals surface area contributed by atoms with E-state index in [1.807, 2.05) is 0 Å². The van der Waals surface area contributed by atoms with Crippen LogP contribution in [0.2, 0.25) is 0 Å². The van der Waals surface area contributed by atoms with Crippen molar-refractivity contribution in [3.8, 4) is 6.07 Å². The van der Waals surface area contributed by atoms with Crippen LogP contribution in [0.4, 0.5) is 0 Å². The number of nitrogens with one attached hydrogen (secondary N) is 1. The first-order valence-corrected chi connectivity index (χ1v) is 2.84. The maximum Gasteiger partial charge on any atom is 1.00 e. The summed E-state index contributed by atoms with van der Waals surface area (Å²) in [5.41, 5.74) is 0. The normalized spacial score (nSPS) is 14.2. The number of nitriles is 1. The summed E-state index contributed by atoms with van der Waals surface area (Å²) in [5.74, 6) is 0. The molecule has 2 unspecified atom stereocenters. The molecule has 0 spiro atoms. The minimum atomic E-state index is -2.46. The van der Waals surface area contributed by atoms with Crippen molar-refractivity contribution < 1.29 is 29.0 Å². The SMILES string of the molecule is N#CC(C=N)S(=O)[O-].[H-].[Li+]. The molecule has 0 radical (unpaired) electrons. The van der Waals surface area contributed by atoms with Crippen LogP contribution in [0.25, 0.3) is 0 Å².